The molecule has 4 heteroatoms. The molecule has 1 aliphatic rings. The van der Waals surface area contributed by atoms with E-state index in [0.717, 1.165) is 23.7 Å². The van der Waals surface area contributed by atoms with Crippen LogP contribution in [0.25, 0.3) is 0 Å². The van der Waals surface area contributed by atoms with Gasteiger partial charge in [0.1, 0.15) is 5.75 Å². The van der Waals surface area contributed by atoms with Gasteiger partial charge >= 0.3 is 0 Å². The van der Waals surface area contributed by atoms with E-state index in [2.05, 4.69) is 17.2 Å². The van der Waals surface area contributed by atoms with E-state index in [4.69, 9.17) is 10.5 Å². The van der Waals surface area contributed by atoms with Gasteiger partial charge < -0.3 is 10.5 Å². The molecule has 15 heavy (non-hydrogen) atoms. The Morgan fingerprint density at radius 3 is 2.93 bits per heavy atom. The summed E-state index contributed by atoms with van der Waals surface area (Å²) in [5, 5.41) is 3.18. The van der Waals surface area contributed by atoms with Gasteiger partial charge in [-0.2, -0.15) is 0 Å². The van der Waals surface area contributed by atoms with Crippen LogP contribution in [0.5, 0.6) is 5.75 Å². The molecule has 3 N–H and O–H groups in total. The fourth-order valence-electron chi connectivity index (χ4n) is 2.05. The lowest BCUT2D eigenvalue weighted by molar-refractivity contribution is 0.333. The first-order valence-electron chi connectivity index (χ1n) is 5.26. The highest BCUT2D eigenvalue weighted by Crippen LogP contribution is 2.31. The van der Waals surface area contributed by atoms with E-state index in [0.29, 0.717) is 6.61 Å². The Bertz CT molecular complexity index is 390. The minimum Gasteiger partial charge on any atom is -0.492 e. The first-order valence-corrected chi connectivity index (χ1v) is 5.26. The zero-order valence-electron chi connectivity index (χ0n) is 9.42. The second kappa shape index (κ2) is 3.79. The molecule has 1 aromatic rings. The molecule has 0 aliphatic carbocycles. The Morgan fingerprint density at radius 1 is 1.53 bits per heavy atom. The van der Waals surface area contributed by atoms with Crippen LogP contribution < -0.4 is 15.8 Å². The van der Waals surface area contributed by atoms with E-state index in [1.807, 2.05) is 13.8 Å². The maximum absolute atomic E-state index is 5.89. The Hall–Kier alpha value is -1.13. The van der Waals surface area contributed by atoms with Crippen LogP contribution in [0.2, 0.25) is 0 Å². The Kier molecular flexibility index (Phi) is 2.63. The summed E-state index contributed by atoms with van der Waals surface area (Å²) in [6.07, 6.45) is -0.131. The third-order valence-corrected chi connectivity index (χ3v) is 2.80. The Labute approximate surface area is 89.8 Å². The molecule has 0 bridgehead atoms. The summed E-state index contributed by atoms with van der Waals surface area (Å²) in [7, 11) is 0. The molecule has 2 rings (SSSR count). The highest BCUT2D eigenvalue weighted by Gasteiger charge is 2.24. The van der Waals surface area contributed by atoms with Gasteiger partial charge in [-0.05, 0) is 31.9 Å². The average Bonchev–Trinajstić information content (AvgIpc) is 2.55. The van der Waals surface area contributed by atoms with E-state index in [1.165, 1.54) is 11.1 Å². The number of hydrogen-bond acceptors (Lipinski definition) is 4. The van der Waals surface area contributed by atoms with Crippen molar-refractivity contribution in [2.75, 3.05) is 6.61 Å². The lowest BCUT2D eigenvalue weighted by Gasteiger charge is -2.14. The van der Waals surface area contributed by atoms with Gasteiger partial charge in [-0.15, -0.1) is 0 Å². The largest absolute Gasteiger partial charge is 0.492 e. The summed E-state index contributed by atoms with van der Waals surface area (Å²) >= 11 is 0. The molecule has 0 spiro atoms. The van der Waals surface area contributed by atoms with Crippen LogP contribution in [-0.2, 0) is 6.54 Å². The lowest BCUT2D eigenvalue weighted by atomic mass is 10.1. The van der Waals surface area contributed by atoms with E-state index in [-0.39, 0.29) is 6.17 Å². The zero-order chi connectivity index (χ0) is 11.0. The number of ether oxygens (including phenoxy) is 1. The summed E-state index contributed by atoms with van der Waals surface area (Å²) in [5.41, 5.74) is 10.1. The molecule has 0 amide bonds. The molecule has 0 aromatic carbocycles. The summed E-state index contributed by atoms with van der Waals surface area (Å²) < 4.78 is 5.60. The number of aromatic nitrogens is 1. The van der Waals surface area contributed by atoms with Crippen molar-refractivity contribution in [1.29, 1.82) is 0 Å². The number of aryl methyl sites for hydroxylation is 1. The second-order valence-corrected chi connectivity index (χ2v) is 3.81. The van der Waals surface area contributed by atoms with Gasteiger partial charge in [0.15, 0.2) is 0 Å². The highest BCUT2D eigenvalue weighted by atomic mass is 16.5. The van der Waals surface area contributed by atoms with Crippen molar-refractivity contribution >= 4 is 0 Å². The Balaban J connectivity index is 2.53. The molecule has 0 saturated carbocycles. The smallest absolute Gasteiger partial charge is 0.143 e. The average molecular weight is 207 g/mol. The van der Waals surface area contributed by atoms with E-state index in [9.17, 15) is 0 Å². The first-order chi connectivity index (χ1) is 7.15. The van der Waals surface area contributed by atoms with Crippen LogP contribution in [0.4, 0.5) is 0 Å². The molecule has 0 saturated heterocycles. The maximum atomic E-state index is 5.89. The summed E-state index contributed by atoms with van der Waals surface area (Å²) in [5.74, 6) is 0.909. The third-order valence-electron chi connectivity index (χ3n) is 2.80. The van der Waals surface area contributed by atoms with Crippen LogP contribution in [0.1, 0.15) is 35.6 Å². The van der Waals surface area contributed by atoms with E-state index >= 15 is 0 Å². The number of nitrogens with one attached hydrogen (secondary N) is 1. The second-order valence-electron chi connectivity index (χ2n) is 3.81. The quantitative estimate of drug-likeness (QED) is 0.764. The molecule has 1 atom stereocenters. The molecule has 0 radical (unpaired) electrons. The molecule has 1 aromatic heterocycles. The number of nitrogens with zero attached hydrogens (tertiary/aromatic N) is 1. The van der Waals surface area contributed by atoms with Crippen LogP contribution in [-0.4, -0.2) is 11.6 Å². The minimum absolute atomic E-state index is 0.131. The number of hydrogen-bond donors (Lipinski definition) is 2. The summed E-state index contributed by atoms with van der Waals surface area (Å²) in [4.78, 5) is 4.50. The fraction of sp³-hybridized carbons (Fsp3) is 0.545. The van der Waals surface area contributed by atoms with Gasteiger partial charge in [0.05, 0.1) is 24.2 Å². The van der Waals surface area contributed by atoms with E-state index < -0.39 is 0 Å². The van der Waals surface area contributed by atoms with Crippen molar-refractivity contribution in [3.8, 4) is 5.75 Å². The van der Waals surface area contributed by atoms with Gasteiger partial charge in [-0.1, -0.05) is 0 Å². The number of nitrogens with two attached hydrogens (primary N) is 1. The molecule has 4 nitrogen and oxygen atoms in total. The number of fused-ring (bicyclic) bond motifs is 1. The highest BCUT2D eigenvalue weighted by molar-refractivity contribution is 5.46. The van der Waals surface area contributed by atoms with Gasteiger partial charge in [-0.3, -0.25) is 10.3 Å². The van der Waals surface area contributed by atoms with Crippen LogP contribution in [0.15, 0.2) is 0 Å². The normalized spacial score (nSPS) is 19.1. The van der Waals surface area contributed by atoms with Crippen molar-refractivity contribution in [1.82, 2.24) is 10.3 Å². The SMILES string of the molecule is CCOc1c(C)nc2c(c1C)CNC2N. The van der Waals surface area contributed by atoms with Crippen molar-refractivity contribution in [2.45, 2.75) is 33.5 Å². The van der Waals surface area contributed by atoms with Crippen LogP contribution >= 0.6 is 0 Å². The van der Waals surface area contributed by atoms with Crippen LogP contribution in [0, 0.1) is 13.8 Å². The van der Waals surface area contributed by atoms with Gasteiger partial charge in [0.25, 0.3) is 0 Å². The predicted octanol–water partition coefficient (Wildman–Crippen LogP) is 1.16. The molecule has 1 unspecified atom stereocenters. The molecular weight excluding hydrogens is 190 g/mol. The standard InChI is InChI=1S/C11H17N3O/c1-4-15-10-6(2)8-5-13-11(12)9(8)14-7(10)3/h11,13H,4-5,12H2,1-3H3. The summed E-state index contributed by atoms with van der Waals surface area (Å²) in [6, 6.07) is 0. The third kappa shape index (κ3) is 1.60. The minimum atomic E-state index is -0.131. The fourth-order valence-corrected chi connectivity index (χ4v) is 2.05. The number of pyridine rings is 1. The first kappa shape index (κ1) is 10.4. The van der Waals surface area contributed by atoms with Gasteiger partial charge in [0.2, 0.25) is 0 Å². The maximum Gasteiger partial charge on any atom is 0.143 e. The van der Waals surface area contributed by atoms with Crippen molar-refractivity contribution in [3.05, 3.63) is 22.5 Å². The van der Waals surface area contributed by atoms with Crippen molar-refractivity contribution in [2.24, 2.45) is 5.73 Å². The topological polar surface area (TPSA) is 60.2 Å². The molecule has 1 aliphatic heterocycles. The lowest BCUT2D eigenvalue weighted by Crippen LogP contribution is -2.21. The van der Waals surface area contributed by atoms with E-state index in [1.54, 1.807) is 0 Å². The van der Waals surface area contributed by atoms with Crippen LogP contribution in [0.3, 0.4) is 0 Å². The number of rotatable bonds is 2. The molecule has 82 valence electrons. The molecular formula is C11H17N3O. The predicted molar refractivity (Wildman–Crippen MR) is 58.6 cm³/mol. The molecule has 2 heterocycles. The summed E-state index contributed by atoms with van der Waals surface area (Å²) in [6.45, 7) is 7.47. The van der Waals surface area contributed by atoms with Gasteiger partial charge in [-0.25, -0.2) is 0 Å². The van der Waals surface area contributed by atoms with Crippen molar-refractivity contribution in [3.63, 3.8) is 0 Å². The Morgan fingerprint density at radius 2 is 2.27 bits per heavy atom. The zero-order valence-corrected chi connectivity index (χ0v) is 9.42. The molecule has 0 fully saturated rings. The monoisotopic (exact) mass is 207 g/mol. The van der Waals surface area contributed by atoms with Gasteiger partial charge in [0, 0.05) is 6.54 Å². The van der Waals surface area contributed by atoms with Crippen molar-refractivity contribution < 1.29 is 4.74 Å².